The van der Waals surface area contributed by atoms with E-state index in [4.69, 9.17) is 5.11 Å². The topological polar surface area (TPSA) is 75.9 Å². The van der Waals surface area contributed by atoms with E-state index in [1.807, 2.05) is 0 Å². The Hall–Kier alpha value is -1.17. The zero-order chi connectivity index (χ0) is 8.27. The van der Waals surface area contributed by atoms with Gasteiger partial charge in [-0.05, 0) is 17.4 Å². The Bertz CT molecular complexity index is 220. The lowest BCUT2D eigenvalue weighted by atomic mass is 10.4. The lowest BCUT2D eigenvalue weighted by molar-refractivity contribution is 0.208. The Morgan fingerprint density at radius 3 is 2.91 bits per heavy atom. The summed E-state index contributed by atoms with van der Waals surface area (Å²) >= 11 is 0. The molecule has 1 unspecified atom stereocenters. The molecule has 0 amide bonds. The first-order chi connectivity index (χ1) is 5.20. The molecule has 0 aliphatic heterocycles. The van der Waals surface area contributed by atoms with Crippen molar-refractivity contribution in [1.82, 2.24) is 20.2 Å². The zero-order valence-electron chi connectivity index (χ0n) is 6.52. The van der Waals surface area contributed by atoms with Crippen LogP contribution >= 0.6 is 0 Å². The number of aliphatic hydroxyl groups is 1. The lowest BCUT2D eigenvalue weighted by Crippen LogP contribution is -2.17. The zero-order valence-corrected chi connectivity index (χ0v) is 6.52. The molecule has 0 aliphatic rings. The molecule has 0 fully saturated rings. The van der Waals surface area contributed by atoms with E-state index in [-0.39, 0.29) is 0 Å². The number of nitrogens with one attached hydrogen (secondary N) is 1. The van der Waals surface area contributed by atoms with Crippen molar-refractivity contribution in [3.63, 3.8) is 0 Å². The van der Waals surface area contributed by atoms with Crippen LogP contribution in [-0.2, 0) is 7.05 Å². The number of anilines is 1. The molecule has 0 aromatic carbocycles. The first-order valence-electron chi connectivity index (χ1n) is 3.34. The van der Waals surface area contributed by atoms with Gasteiger partial charge in [0.05, 0.1) is 6.10 Å². The fraction of sp³-hybridized carbons (Fsp3) is 0.800. The van der Waals surface area contributed by atoms with Crippen LogP contribution in [0.2, 0.25) is 0 Å². The second kappa shape index (κ2) is 3.29. The molecule has 0 saturated heterocycles. The number of tetrazole rings is 1. The molecule has 6 heteroatoms. The van der Waals surface area contributed by atoms with Gasteiger partial charge in [-0.1, -0.05) is 5.10 Å². The highest BCUT2D eigenvalue weighted by Gasteiger charge is 2.01. The van der Waals surface area contributed by atoms with Crippen molar-refractivity contribution in [3.8, 4) is 0 Å². The molecule has 0 bridgehead atoms. The highest BCUT2D eigenvalue weighted by atomic mass is 16.3. The van der Waals surface area contributed by atoms with Crippen molar-refractivity contribution in [2.24, 2.45) is 7.05 Å². The molecule has 1 aromatic rings. The Morgan fingerprint density at radius 2 is 2.45 bits per heavy atom. The van der Waals surface area contributed by atoms with Crippen LogP contribution in [0.1, 0.15) is 6.92 Å². The monoisotopic (exact) mass is 157 g/mol. The molecule has 1 heterocycles. The van der Waals surface area contributed by atoms with Gasteiger partial charge in [0, 0.05) is 13.6 Å². The van der Waals surface area contributed by atoms with Crippen molar-refractivity contribution >= 4 is 5.95 Å². The molecular formula is C5H11N5O. The average Bonchev–Trinajstić information content (AvgIpc) is 2.31. The van der Waals surface area contributed by atoms with Crippen molar-refractivity contribution in [1.29, 1.82) is 0 Å². The fourth-order valence-electron chi connectivity index (χ4n) is 0.618. The number of aliphatic hydroxyl groups excluding tert-OH is 1. The van der Waals surface area contributed by atoms with Gasteiger partial charge in [-0.25, -0.2) is 4.68 Å². The third-order valence-corrected chi connectivity index (χ3v) is 1.18. The van der Waals surface area contributed by atoms with Crippen molar-refractivity contribution in [2.75, 3.05) is 11.9 Å². The average molecular weight is 157 g/mol. The largest absolute Gasteiger partial charge is 0.392 e. The summed E-state index contributed by atoms with van der Waals surface area (Å²) in [6.45, 7) is 2.14. The molecular weight excluding hydrogens is 146 g/mol. The van der Waals surface area contributed by atoms with E-state index >= 15 is 0 Å². The maximum absolute atomic E-state index is 8.90. The summed E-state index contributed by atoms with van der Waals surface area (Å²) in [5, 5.41) is 22.5. The van der Waals surface area contributed by atoms with E-state index in [2.05, 4.69) is 20.8 Å². The van der Waals surface area contributed by atoms with Gasteiger partial charge in [0.25, 0.3) is 0 Å². The van der Waals surface area contributed by atoms with Crippen LogP contribution < -0.4 is 5.32 Å². The highest BCUT2D eigenvalue weighted by Crippen LogP contribution is 1.94. The molecule has 1 aromatic heterocycles. The van der Waals surface area contributed by atoms with E-state index in [0.29, 0.717) is 12.5 Å². The minimum atomic E-state index is -0.397. The van der Waals surface area contributed by atoms with Crippen LogP contribution in [0, 0.1) is 0 Å². The molecule has 0 spiro atoms. The number of hydrogen-bond acceptors (Lipinski definition) is 5. The summed E-state index contributed by atoms with van der Waals surface area (Å²) in [5.41, 5.74) is 0. The lowest BCUT2D eigenvalue weighted by Gasteiger charge is -2.04. The molecule has 6 nitrogen and oxygen atoms in total. The van der Waals surface area contributed by atoms with Gasteiger partial charge < -0.3 is 10.4 Å². The summed E-state index contributed by atoms with van der Waals surface area (Å²) in [6, 6.07) is 0. The predicted molar refractivity (Wildman–Crippen MR) is 39.0 cm³/mol. The van der Waals surface area contributed by atoms with Crippen molar-refractivity contribution < 1.29 is 5.11 Å². The Morgan fingerprint density at radius 1 is 1.73 bits per heavy atom. The molecule has 0 saturated carbocycles. The molecule has 0 radical (unpaired) electrons. The molecule has 1 rings (SSSR count). The van der Waals surface area contributed by atoms with Gasteiger partial charge in [0.15, 0.2) is 0 Å². The van der Waals surface area contributed by atoms with Gasteiger partial charge in [0.2, 0.25) is 5.95 Å². The van der Waals surface area contributed by atoms with Crippen molar-refractivity contribution in [2.45, 2.75) is 13.0 Å². The third kappa shape index (κ3) is 2.15. The fourth-order valence-corrected chi connectivity index (χ4v) is 0.618. The van der Waals surface area contributed by atoms with Crippen LogP contribution in [0.25, 0.3) is 0 Å². The van der Waals surface area contributed by atoms with Crippen LogP contribution in [0.5, 0.6) is 0 Å². The van der Waals surface area contributed by atoms with E-state index in [1.54, 1.807) is 14.0 Å². The third-order valence-electron chi connectivity index (χ3n) is 1.18. The molecule has 0 aliphatic carbocycles. The predicted octanol–water partition coefficient (Wildman–Crippen LogP) is -0.997. The number of aryl methyl sites for hydroxylation is 1. The molecule has 62 valence electrons. The SMILES string of the molecule is CC(O)CNc1nnnn1C. The number of nitrogens with zero attached hydrogens (tertiary/aromatic N) is 4. The number of rotatable bonds is 3. The Kier molecular flexibility index (Phi) is 2.37. The second-order valence-corrected chi connectivity index (χ2v) is 2.36. The minimum Gasteiger partial charge on any atom is -0.392 e. The van der Waals surface area contributed by atoms with E-state index in [1.165, 1.54) is 4.68 Å². The van der Waals surface area contributed by atoms with Crippen molar-refractivity contribution in [3.05, 3.63) is 0 Å². The maximum Gasteiger partial charge on any atom is 0.242 e. The summed E-state index contributed by atoms with van der Waals surface area (Å²) in [5.74, 6) is 0.561. The summed E-state index contributed by atoms with van der Waals surface area (Å²) in [6.07, 6.45) is -0.397. The van der Waals surface area contributed by atoms with Crippen LogP contribution in [0.15, 0.2) is 0 Å². The normalized spacial score (nSPS) is 13.0. The van der Waals surface area contributed by atoms with E-state index in [9.17, 15) is 0 Å². The summed E-state index contributed by atoms with van der Waals surface area (Å²) < 4.78 is 1.50. The molecule has 2 N–H and O–H groups in total. The summed E-state index contributed by atoms with van der Waals surface area (Å²) in [7, 11) is 1.73. The smallest absolute Gasteiger partial charge is 0.242 e. The number of aromatic nitrogens is 4. The maximum atomic E-state index is 8.90. The van der Waals surface area contributed by atoms with E-state index in [0.717, 1.165) is 0 Å². The second-order valence-electron chi connectivity index (χ2n) is 2.36. The quantitative estimate of drug-likeness (QED) is 0.588. The summed E-state index contributed by atoms with van der Waals surface area (Å²) in [4.78, 5) is 0. The van der Waals surface area contributed by atoms with E-state index < -0.39 is 6.10 Å². The Labute approximate surface area is 64.2 Å². The van der Waals surface area contributed by atoms with Gasteiger partial charge >= 0.3 is 0 Å². The van der Waals surface area contributed by atoms with Crippen LogP contribution in [-0.4, -0.2) is 38.0 Å². The molecule has 11 heavy (non-hydrogen) atoms. The Balaban J connectivity index is 2.44. The molecule has 1 atom stereocenters. The van der Waals surface area contributed by atoms with Gasteiger partial charge in [0.1, 0.15) is 0 Å². The van der Waals surface area contributed by atoms with Crippen LogP contribution in [0.4, 0.5) is 5.95 Å². The minimum absolute atomic E-state index is 0.397. The van der Waals surface area contributed by atoms with Gasteiger partial charge in [-0.2, -0.15) is 0 Å². The first-order valence-corrected chi connectivity index (χ1v) is 3.34. The standard InChI is InChI=1S/C5H11N5O/c1-4(11)3-6-5-7-8-9-10(5)2/h4,11H,3H2,1-2H3,(H,6,7,9). The first kappa shape index (κ1) is 7.93. The van der Waals surface area contributed by atoms with Crippen LogP contribution in [0.3, 0.4) is 0 Å². The van der Waals surface area contributed by atoms with Gasteiger partial charge in [-0.3, -0.25) is 0 Å². The number of hydrogen-bond donors (Lipinski definition) is 2. The van der Waals surface area contributed by atoms with Gasteiger partial charge in [-0.15, -0.1) is 0 Å². The highest BCUT2D eigenvalue weighted by molar-refractivity contribution is 5.20.